The molecule has 3 rings (SSSR count). The molecule has 1 unspecified atom stereocenters. The average Bonchev–Trinajstić information content (AvgIpc) is 3.03. The van der Waals surface area contributed by atoms with Crippen LogP contribution in [0.2, 0.25) is 5.02 Å². The van der Waals surface area contributed by atoms with E-state index in [1.807, 2.05) is 25.2 Å². The molecule has 1 saturated heterocycles. The molecule has 0 bridgehead atoms. The van der Waals surface area contributed by atoms with Crippen LogP contribution in [0.3, 0.4) is 0 Å². The van der Waals surface area contributed by atoms with E-state index in [0.717, 1.165) is 30.3 Å². The van der Waals surface area contributed by atoms with Crippen molar-refractivity contribution < 1.29 is 5.11 Å². The van der Waals surface area contributed by atoms with Crippen LogP contribution >= 0.6 is 11.6 Å². The molecule has 2 aromatic heterocycles. The number of rotatable bonds is 7. The molecular weight excluding hydrogens is 352 g/mol. The summed E-state index contributed by atoms with van der Waals surface area (Å²) in [6.07, 6.45) is 4.42. The fourth-order valence-corrected chi connectivity index (χ4v) is 3.47. The summed E-state index contributed by atoms with van der Waals surface area (Å²) in [7, 11) is 1.83. The van der Waals surface area contributed by atoms with Gasteiger partial charge in [0.1, 0.15) is 18.0 Å². The highest BCUT2D eigenvalue weighted by Gasteiger charge is 2.32. The van der Waals surface area contributed by atoms with Gasteiger partial charge in [0.2, 0.25) is 0 Å². The summed E-state index contributed by atoms with van der Waals surface area (Å²) in [4.78, 5) is 15.0. The number of aromatic nitrogens is 3. The van der Waals surface area contributed by atoms with Crippen LogP contribution < -0.4 is 15.5 Å². The summed E-state index contributed by atoms with van der Waals surface area (Å²) in [6, 6.07) is 6.00. The molecule has 3 heterocycles. The lowest BCUT2D eigenvalue weighted by Gasteiger charge is -2.27. The van der Waals surface area contributed by atoms with Gasteiger partial charge in [-0.25, -0.2) is 9.97 Å². The van der Waals surface area contributed by atoms with Crippen molar-refractivity contribution >= 4 is 23.2 Å². The lowest BCUT2D eigenvalue weighted by molar-refractivity contribution is 0.193. The zero-order valence-electron chi connectivity index (χ0n) is 15.1. The van der Waals surface area contributed by atoms with Crippen molar-refractivity contribution in [3.05, 3.63) is 41.4 Å². The molecule has 1 fully saturated rings. The third kappa shape index (κ3) is 4.60. The minimum atomic E-state index is -0.352. The number of halogens is 1. The molecule has 0 spiro atoms. The normalized spacial score (nSPS) is 21.0. The SMILES string of the molecule is CNc1cc(N2C[C@H](O)C[C@@H]2CNC(C)Cc2ncccc2Cl)ncn1. The lowest BCUT2D eigenvalue weighted by atomic mass is 10.1. The summed E-state index contributed by atoms with van der Waals surface area (Å²) in [5.74, 6) is 1.59. The first-order chi connectivity index (χ1) is 12.6. The van der Waals surface area contributed by atoms with Crippen LogP contribution in [-0.4, -0.2) is 58.4 Å². The molecule has 1 aliphatic heterocycles. The van der Waals surface area contributed by atoms with Crippen LogP contribution in [0.4, 0.5) is 11.6 Å². The van der Waals surface area contributed by atoms with Gasteiger partial charge in [-0.2, -0.15) is 0 Å². The number of anilines is 2. The minimum absolute atomic E-state index is 0.172. The molecule has 0 aromatic carbocycles. The summed E-state index contributed by atoms with van der Waals surface area (Å²) in [5, 5.41) is 17.4. The largest absolute Gasteiger partial charge is 0.391 e. The monoisotopic (exact) mass is 376 g/mol. The fraction of sp³-hybridized carbons (Fsp3) is 0.500. The van der Waals surface area contributed by atoms with Crippen LogP contribution in [-0.2, 0) is 6.42 Å². The zero-order chi connectivity index (χ0) is 18.5. The number of β-amino-alcohol motifs (C(OH)–C–C–N with tert-alkyl or cyclic N) is 1. The standard InChI is InChI=1S/C18H25ClN6O/c1-12(6-16-15(19)4-3-5-21-16)22-9-13-7-14(26)10-25(13)18-8-17(20-2)23-11-24-18/h3-5,8,11-14,22,26H,6-7,9-10H2,1-2H3,(H,20,23,24)/t12?,13-,14-/m1/s1. The van der Waals surface area contributed by atoms with Gasteiger partial charge in [-0.3, -0.25) is 4.98 Å². The van der Waals surface area contributed by atoms with Crippen molar-refractivity contribution in [1.29, 1.82) is 0 Å². The van der Waals surface area contributed by atoms with Gasteiger partial charge in [0, 0.05) is 50.9 Å². The van der Waals surface area contributed by atoms with Gasteiger partial charge in [0.15, 0.2) is 0 Å². The molecule has 0 amide bonds. The Morgan fingerprint density at radius 2 is 2.23 bits per heavy atom. The van der Waals surface area contributed by atoms with Gasteiger partial charge < -0.3 is 20.6 Å². The molecule has 26 heavy (non-hydrogen) atoms. The summed E-state index contributed by atoms with van der Waals surface area (Å²) >= 11 is 6.19. The summed E-state index contributed by atoms with van der Waals surface area (Å²) < 4.78 is 0. The maximum absolute atomic E-state index is 10.1. The Labute approximate surface area is 158 Å². The topological polar surface area (TPSA) is 86.2 Å². The molecule has 3 N–H and O–H groups in total. The van der Waals surface area contributed by atoms with E-state index in [2.05, 4.69) is 37.4 Å². The second kappa shape index (κ2) is 8.62. The Hall–Kier alpha value is -1.96. The van der Waals surface area contributed by atoms with Crippen molar-refractivity contribution in [3.8, 4) is 0 Å². The molecule has 2 aromatic rings. The first kappa shape index (κ1) is 18.8. The van der Waals surface area contributed by atoms with Crippen molar-refractivity contribution in [1.82, 2.24) is 20.3 Å². The number of nitrogens with one attached hydrogen (secondary N) is 2. The molecule has 7 nitrogen and oxygen atoms in total. The molecule has 0 aliphatic carbocycles. The van der Waals surface area contributed by atoms with Crippen LogP contribution in [0, 0.1) is 0 Å². The first-order valence-corrected chi connectivity index (χ1v) is 9.22. The number of hydrogen-bond acceptors (Lipinski definition) is 7. The number of pyridine rings is 1. The van der Waals surface area contributed by atoms with E-state index in [1.54, 1.807) is 12.5 Å². The lowest BCUT2D eigenvalue weighted by Crippen LogP contribution is -2.42. The average molecular weight is 377 g/mol. The Kier molecular flexibility index (Phi) is 6.24. The number of aliphatic hydroxyl groups is 1. The highest BCUT2D eigenvalue weighted by Crippen LogP contribution is 2.25. The maximum Gasteiger partial charge on any atom is 0.134 e. The third-order valence-electron chi connectivity index (χ3n) is 4.63. The first-order valence-electron chi connectivity index (χ1n) is 8.84. The van der Waals surface area contributed by atoms with Gasteiger partial charge in [0.25, 0.3) is 0 Å². The van der Waals surface area contributed by atoms with Crippen molar-refractivity contribution in [2.24, 2.45) is 0 Å². The maximum atomic E-state index is 10.1. The Morgan fingerprint density at radius 3 is 3.00 bits per heavy atom. The molecule has 0 radical (unpaired) electrons. The Morgan fingerprint density at radius 1 is 1.38 bits per heavy atom. The summed E-state index contributed by atoms with van der Waals surface area (Å²) in [5.41, 5.74) is 0.895. The van der Waals surface area contributed by atoms with Gasteiger partial charge in [-0.1, -0.05) is 11.6 Å². The van der Waals surface area contributed by atoms with Crippen molar-refractivity contribution in [2.75, 3.05) is 30.4 Å². The zero-order valence-corrected chi connectivity index (χ0v) is 15.8. The molecule has 140 valence electrons. The summed E-state index contributed by atoms with van der Waals surface area (Å²) in [6.45, 7) is 3.44. The second-order valence-electron chi connectivity index (χ2n) is 6.65. The van der Waals surface area contributed by atoms with Crippen LogP contribution in [0.5, 0.6) is 0 Å². The van der Waals surface area contributed by atoms with Crippen LogP contribution in [0.15, 0.2) is 30.7 Å². The number of aliphatic hydroxyl groups excluding tert-OH is 1. The molecule has 8 heteroatoms. The Balaban J connectivity index is 1.61. The number of nitrogens with zero attached hydrogens (tertiary/aromatic N) is 4. The van der Waals surface area contributed by atoms with Crippen LogP contribution in [0.25, 0.3) is 0 Å². The van der Waals surface area contributed by atoms with E-state index in [4.69, 9.17) is 11.6 Å². The molecular formula is C18H25ClN6O. The van der Waals surface area contributed by atoms with Gasteiger partial charge >= 0.3 is 0 Å². The van der Waals surface area contributed by atoms with E-state index < -0.39 is 0 Å². The fourth-order valence-electron chi connectivity index (χ4n) is 3.27. The van der Waals surface area contributed by atoms with Crippen LogP contribution in [0.1, 0.15) is 19.0 Å². The van der Waals surface area contributed by atoms with Gasteiger partial charge in [-0.05, 0) is 25.5 Å². The number of hydrogen-bond donors (Lipinski definition) is 3. The third-order valence-corrected chi connectivity index (χ3v) is 4.98. The minimum Gasteiger partial charge on any atom is -0.391 e. The van der Waals surface area contributed by atoms with E-state index in [1.165, 1.54) is 0 Å². The molecule has 1 aliphatic rings. The van der Waals surface area contributed by atoms with E-state index in [0.29, 0.717) is 18.0 Å². The van der Waals surface area contributed by atoms with Crippen molar-refractivity contribution in [2.45, 2.75) is 38.0 Å². The van der Waals surface area contributed by atoms with Gasteiger partial charge in [0.05, 0.1) is 16.8 Å². The quantitative estimate of drug-likeness (QED) is 0.678. The predicted molar refractivity (Wildman–Crippen MR) is 104 cm³/mol. The van der Waals surface area contributed by atoms with Gasteiger partial charge in [-0.15, -0.1) is 0 Å². The van der Waals surface area contributed by atoms with E-state index >= 15 is 0 Å². The predicted octanol–water partition coefficient (Wildman–Crippen LogP) is 1.73. The van der Waals surface area contributed by atoms with E-state index in [-0.39, 0.29) is 18.2 Å². The Bertz CT molecular complexity index is 730. The smallest absolute Gasteiger partial charge is 0.134 e. The van der Waals surface area contributed by atoms with Crippen molar-refractivity contribution in [3.63, 3.8) is 0 Å². The molecule has 0 saturated carbocycles. The van der Waals surface area contributed by atoms with E-state index in [9.17, 15) is 5.11 Å². The molecule has 3 atom stereocenters. The highest BCUT2D eigenvalue weighted by molar-refractivity contribution is 6.31. The second-order valence-corrected chi connectivity index (χ2v) is 7.06. The highest BCUT2D eigenvalue weighted by atomic mass is 35.5.